The highest BCUT2D eigenvalue weighted by Crippen LogP contribution is 2.45. The number of anilines is 1. The van der Waals surface area contributed by atoms with Crippen molar-refractivity contribution in [3.63, 3.8) is 0 Å². The van der Waals surface area contributed by atoms with Gasteiger partial charge in [0.1, 0.15) is 24.1 Å². The SMILES string of the molecule is Cc1nccn1P(=O)(O)OC[C@H]1OC[C@@H](n2cnc3c(=O)[nH]c(N)nc32)[C@H](O)[C@@H]1O. The molecule has 15 heteroatoms. The number of nitrogen functional groups attached to an aromatic ring is 1. The van der Waals surface area contributed by atoms with Crippen LogP contribution in [0.3, 0.4) is 0 Å². The van der Waals surface area contributed by atoms with Crippen LogP contribution in [0.2, 0.25) is 0 Å². The lowest BCUT2D eigenvalue weighted by Gasteiger charge is -2.38. The van der Waals surface area contributed by atoms with Crippen molar-refractivity contribution in [2.75, 3.05) is 18.9 Å². The summed E-state index contributed by atoms with van der Waals surface area (Å²) in [6.07, 6.45) is 0.0466. The Morgan fingerprint density at radius 2 is 2.17 bits per heavy atom. The highest BCUT2D eigenvalue weighted by molar-refractivity contribution is 7.51. The number of aromatic nitrogens is 6. The van der Waals surface area contributed by atoms with Crippen LogP contribution in [0.4, 0.5) is 5.95 Å². The van der Waals surface area contributed by atoms with E-state index < -0.39 is 44.3 Å². The van der Waals surface area contributed by atoms with Crippen molar-refractivity contribution in [3.05, 3.63) is 34.9 Å². The van der Waals surface area contributed by atoms with E-state index in [1.54, 1.807) is 0 Å². The number of ether oxygens (including phenoxy) is 1. The van der Waals surface area contributed by atoms with E-state index in [2.05, 4.69) is 19.9 Å². The van der Waals surface area contributed by atoms with Crippen LogP contribution in [-0.4, -0.2) is 75.5 Å². The normalized spacial score (nSPS) is 26.7. The molecule has 6 N–H and O–H groups in total. The fourth-order valence-electron chi connectivity index (χ4n) is 3.32. The molecule has 0 amide bonds. The number of H-pyrrole nitrogens is 1. The second kappa shape index (κ2) is 7.58. The van der Waals surface area contributed by atoms with E-state index in [1.165, 1.54) is 30.2 Å². The summed E-state index contributed by atoms with van der Waals surface area (Å²) in [6.45, 7) is 0.978. The zero-order valence-electron chi connectivity index (χ0n) is 15.7. The molecular weight excluding hydrogens is 421 g/mol. The first-order valence-electron chi connectivity index (χ1n) is 8.87. The van der Waals surface area contributed by atoms with E-state index >= 15 is 0 Å². The zero-order chi connectivity index (χ0) is 21.6. The predicted octanol–water partition coefficient (Wildman–Crippen LogP) is -1.47. The quantitative estimate of drug-likeness (QED) is 0.289. The van der Waals surface area contributed by atoms with Gasteiger partial charge >= 0.3 is 7.75 Å². The number of hydrogen-bond donors (Lipinski definition) is 5. The van der Waals surface area contributed by atoms with Crippen LogP contribution in [0.5, 0.6) is 0 Å². The van der Waals surface area contributed by atoms with E-state index in [1.807, 2.05) is 0 Å². The lowest BCUT2D eigenvalue weighted by atomic mass is 9.98. The fraction of sp³-hybridized carbons (Fsp3) is 0.467. The first kappa shape index (κ1) is 20.7. The molecule has 162 valence electrons. The van der Waals surface area contributed by atoms with Crippen molar-refractivity contribution < 1.29 is 28.9 Å². The molecule has 1 aliphatic rings. The van der Waals surface area contributed by atoms with Crippen LogP contribution in [0.1, 0.15) is 11.9 Å². The van der Waals surface area contributed by atoms with Gasteiger partial charge in [0.2, 0.25) is 5.95 Å². The Kier molecular flexibility index (Phi) is 5.22. The molecule has 0 aromatic carbocycles. The maximum atomic E-state index is 12.4. The third-order valence-electron chi connectivity index (χ3n) is 4.89. The molecular formula is C15H20N7O7P. The van der Waals surface area contributed by atoms with Crippen molar-refractivity contribution in [2.24, 2.45) is 0 Å². The zero-order valence-corrected chi connectivity index (χ0v) is 16.6. The maximum Gasteiger partial charge on any atom is 0.437 e. The van der Waals surface area contributed by atoms with Gasteiger partial charge in [-0.15, -0.1) is 0 Å². The fourth-order valence-corrected chi connectivity index (χ4v) is 4.43. The van der Waals surface area contributed by atoms with Crippen LogP contribution in [-0.2, 0) is 13.8 Å². The molecule has 3 aromatic rings. The molecule has 0 radical (unpaired) electrons. The Bertz CT molecular complexity index is 1170. The second-order valence-corrected chi connectivity index (χ2v) is 8.47. The van der Waals surface area contributed by atoms with Gasteiger partial charge in [-0.05, 0) is 6.92 Å². The van der Waals surface area contributed by atoms with Crippen molar-refractivity contribution in [1.29, 1.82) is 0 Å². The first-order chi connectivity index (χ1) is 14.2. The van der Waals surface area contributed by atoms with Crippen LogP contribution in [0.15, 0.2) is 23.5 Å². The number of rotatable bonds is 5. The number of aromatic amines is 1. The molecule has 0 spiro atoms. The van der Waals surface area contributed by atoms with Crippen molar-refractivity contribution in [3.8, 4) is 0 Å². The summed E-state index contributed by atoms with van der Waals surface area (Å²) in [5.74, 6) is 0.153. The Morgan fingerprint density at radius 3 is 2.87 bits per heavy atom. The van der Waals surface area contributed by atoms with E-state index in [4.69, 9.17) is 15.0 Å². The van der Waals surface area contributed by atoms with Gasteiger partial charge in [0.15, 0.2) is 11.2 Å². The summed E-state index contributed by atoms with van der Waals surface area (Å²) in [5.41, 5.74) is 5.18. The third kappa shape index (κ3) is 3.53. The minimum absolute atomic E-state index is 0.0215. The number of imidazole rings is 2. The molecule has 0 bridgehead atoms. The smallest absolute Gasteiger partial charge is 0.388 e. The predicted molar refractivity (Wildman–Crippen MR) is 101 cm³/mol. The number of aliphatic hydroxyl groups excluding tert-OH is 2. The first-order valence-corrected chi connectivity index (χ1v) is 10.4. The molecule has 4 heterocycles. The lowest BCUT2D eigenvalue weighted by molar-refractivity contribution is -0.167. The number of aliphatic hydroxyl groups is 2. The monoisotopic (exact) mass is 441 g/mol. The van der Waals surface area contributed by atoms with Gasteiger partial charge in [-0.2, -0.15) is 4.98 Å². The van der Waals surface area contributed by atoms with Crippen molar-refractivity contribution in [2.45, 2.75) is 31.3 Å². The molecule has 4 rings (SSSR count). The summed E-state index contributed by atoms with van der Waals surface area (Å²) < 4.78 is 25.4. The third-order valence-corrected chi connectivity index (χ3v) is 6.35. The van der Waals surface area contributed by atoms with Gasteiger partial charge in [0.25, 0.3) is 5.56 Å². The van der Waals surface area contributed by atoms with Crippen LogP contribution >= 0.6 is 7.75 Å². The van der Waals surface area contributed by atoms with E-state index in [-0.39, 0.29) is 29.5 Å². The highest BCUT2D eigenvalue weighted by atomic mass is 31.2. The number of nitrogens with one attached hydrogen (secondary N) is 1. The minimum atomic E-state index is -4.25. The number of nitrogens with two attached hydrogens (primary N) is 1. The summed E-state index contributed by atoms with van der Waals surface area (Å²) >= 11 is 0. The van der Waals surface area contributed by atoms with Crippen LogP contribution < -0.4 is 11.3 Å². The van der Waals surface area contributed by atoms with Gasteiger partial charge in [-0.3, -0.25) is 14.3 Å². The summed E-state index contributed by atoms with van der Waals surface area (Å²) in [5, 5.41) is 21.1. The average molecular weight is 441 g/mol. The van der Waals surface area contributed by atoms with Gasteiger partial charge in [-0.25, -0.2) is 18.9 Å². The van der Waals surface area contributed by atoms with Crippen LogP contribution in [0.25, 0.3) is 11.2 Å². The van der Waals surface area contributed by atoms with Gasteiger partial charge in [0, 0.05) is 12.4 Å². The topological polar surface area (TPSA) is 204 Å². The Labute approximate surface area is 168 Å². The molecule has 0 saturated carbocycles. The van der Waals surface area contributed by atoms with E-state index in [0.29, 0.717) is 0 Å². The lowest BCUT2D eigenvalue weighted by Crippen LogP contribution is -2.52. The molecule has 1 unspecified atom stereocenters. The molecule has 1 aliphatic heterocycles. The molecule has 30 heavy (non-hydrogen) atoms. The molecule has 1 saturated heterocycles. The highest BCUT2D eigenvalue weighted by Gasteiger charge is 2.41. The Morgan fingerprint density at radius 1 is 1.40 bits per heavy atom. The van der Waals surface area contributed by atoms with Gasteiger partial charge in [-0.1, -0.05) is 0 Å². The van der Waals surface area contributed by atoms with E-state index in [9.17, 15) is 24.5 Å². The Balaban J connectivity index is 1.50. The van der Waals surface area contributed by atoms with Gasteiger partial charge < -0.3 is 30.1 Å². The van der Waals surface area contributed by atoms with Gasteiger partial charge in [0.05, 0.1) is 25.6 Å². The summed E-state index contributed by atoms with van der Waals surface area (Å²) in [7, 11) is -4.25. The molecule has 3 aromatic heterocycles. The molecule has 1 fully saturated rings. The molecule has 0 aliphatic carbocycles. The van der Waals surface area contributed by atoms with Crippen LogP contribution in [0, 0.1) is 6.92 Å². The number of aryl methyl sites for hydroxylation is 1. The maximum absolute atomic E-state index is 12.4. The number of nitrogens with zero attached hydrogens (tertiary/aromatic N) is 5. The largest absolute Gasteiger partial charge is 0.437 e. The number of hydrogen-bond acceptors (Lipinski definition) is 10. The van der Waals surface area contributed by atoms with Crippen molar-refractivity contribution in [1.82, 2.24) is 28.8 Å². The second-order valence-electron chi connectivity index (χ2n) is 6.80. The minimum Gasteiger partial charge on any atom is -0.388 e. The standard InChI is InChI=1S/C15H20N7O7P/c1-7-17-2-3-22(7)30(26,27)29-5-9-12(24)11(23)8(4-28-9)21-6-18-10-13(21)19-15(16)20-14(10)25/h2-3,6,8-9,11-12,23-24H,4-5H2,1H3,(H,26,27)(H3,16,19,20,25)/t8-,9-,11+,12-/m1/s1. The summed E-state index contributed by atoms with van der Waals surface area (Å²) in [6, 6.07) is -0.827. The number of fused-ring (bicyclic) bond motifs is 1. The molecule has 5 atom stereocenters. The average Bonchev–Trinajstić information content (AvgIpc) is 3.30. The Hall–Kier alpha value is -2.61. The summed E-state index contributed by atoms with van der Waals surface area (Å²) in [4.78, 5) is 36.2. The van der Waals surface area contributed by atoms with E-state index in [0.717, 1.165) is 4.34 Å². The van der Waals surface area contributed by atoms with Crippen molar-refractivity contribution >= 4 is 24.9 Å². The molecule has 14 nitrogen and oxygen atoms in total.